The summed E-state index contributed by atoms with van der Waals surface area (Å²) in [6.07, 6.45) is 0.0551. The SMILES string of the molecule is CN(CC1CNCCO1)C(=O)c1cc(Cl)ccc1I. The Morgan fingerprint density at radius 2 is 2.42 bits per heavy atom. The number of morpholine rings is 1. The summed E-state index contributed by atoms with van der Waals surface area (Å²) in [5, 5.41) is 3.83. The van der Waals surface area contributed by atoms with Gasteiger partial charge >= 0.3 is 0 Å². The fraction of sp³-hybridized carbons (Fsp3) is 0.462. The van der Waals surface area contributed by atoms with E-state index in [0.29, 0.717) is 23.7 Å². The van der Waals surface area contributed by atoms with Gasteiger partial charge in [0.05, 0.1) is 18.3 Å². The van der Waals surface area contributed by atoms with Crippen LogP contribution in [0.5, 0.6) is 0 Å². The van der Waals surface area contributed by atoms with Gasteiger partial charge in [0.15, 0.2) is 0 Å². The predicted octanol–water partition coefficient (Wildman–Crippen LogP) is 2.00. The van der Waals surface area contributed by atoms with E-state index >= 15 is 0 Å². The Balaban J connectivity index is 2.03. The first kappa shape index (κ1) is 15.0. The molecule has 6 heteroatoms. The number of hydrogen-bond donors (Lipinski definition) is 1. The number of nitrogens with one attached hydrogen (secondary N) is 1. The standard InChI is InChI=1S/C13H16ClIN2O2/c1-17(8-10-7-16-4-5-19-10)13(18)11-6-9(14)2-3-12(11)15/h2-3,6,10,16H,4-5,7-8H2,1H3. The van der Waals surface area contributed by atoms with E-state index in [-0.39, 0.29) is 12.0 Å². The maximum absolute atomic E-state index is 12.4. The molecule has 2 rings (SSSR count). The molecular weight excluding hydrogens is 379 g/mol. The largest absolute Gasteiger partial charge is 0.374 e. The van der Waals surface area contributed by atoms with Crippen LogP contribution < -0.4 is 5.32 Å². The highest BCUT2D eigenvalue weighted by molar-refractivity contribution is 14.1. The van der Waals surface area contributed by atoms with Crippen LogP contribution in [0.15, 0.2) is 18.2 Å². The summed E-state index contributed by atoms with van der Waals surface area (Å²) >= 11 is 8.10. The summed E-state index contributed by atoms with van der Waals surface area (Å²) in [4.78, 5) is 14.1. The number of hydrogen-bond acceptors (Lipinski definition) is 3. The summed E-state index contributed by atoms with van der Waals surface area (Å²) in [6.45, 7) is 2.93. The zero-order chi connectivity index (χ0) is 13.8. The van der Waals surface area contributed by atoms with Gasteiger partial charge in [-0.3, -0.25) is 4.79 Å². The molecule has 1 aromatic carbocycles. The van der Waals surface area contributed by atoms with Crippen molar-refractivity contribution in [3.63, 3.8) is 0 Å². The van der Waals surface area contributed by atoms with Crippen LogP contribution in [0.2, 0.25) is 5.02 Å². The van der Waals surface area contributed by atoms with Crippen LogP contribution in [-0.4, -0.2) is 50.2 Å². The summed E-state index contributed by atoms with van der Waals surface area (Å²) in [6, 6.07) is 5.35. The number of halogens is 2. The van der Waals surface area contributed by atoms with Gasteiger partial charge in [0.1, 0.15) is 0 Å². The summed E-state index contributed by atoms with van der Waals surface area (Å²) < 4.78 is 6.51. The molecule has 0 radical (unpaired) electrons. The summed E-state index contributed by atoms with van der Waals surface area (Å²) in [5.41, 5.74) is 0.638. The van der Waals surface area contributed by atoms with Gasteiger partial charge in [-0.2, -0.15) is 0 Å². The van der Waals surface area contributed by atoms with Crippen LogP contribution in [0.3, 0.4) is 0 Å². The van der Waals surface area contributed by atoms with E-state index in [1.165, 1.54) is 0 Å². The smallest absolute Gasteiger partial charge is 0.254 e. The first-order chi connectivity index (χ1) is 9.08. The molecule has 1 unspecified atom stereocenters. The zero-order valence-corrected chi connectivity index (χ0v) is 13.6. The molecule has 0 aliphatic carbocycles. The Morgan fingerprint density at radius 3 is 3.11 bits per heavy atom. The Labute approximate surface area is 131 Å². The van der Waals surface area contributed by atoms with E-state index in [1.54, 1.807) is 24.1 Å². The van der Waals surface area contributed by atoms with Crippen LogP contribution in [0.1, 0.15) is 10.4 Å². The average Bonchev–Trinajstić information content (AvgIpc) is 2.42. The molecule has 1 aliphatic rings. The fourth-order valence-electron chi connectivity index (χ4n) is 1.99. The minimum absolute atomic E-state index is 0.0268. The van der Waals surface area contributed by atoms with Crippen LogP contribution in [-0.2, 0) is 4.74 Å². The third-order valence-electron chi connectivity index (χ3n) is 2.99. The molecule has 1 fully saturated rings. The van der Waals surface area contributed by atoms with Crippen molar-refractivity contribution in [2.75, 3.05) is 33.3 Å². The zero-order valence-electron chi connectivity index (χ0n) is 10.7. The van der Waals surface area contributed by atoms with Crippen molar-refractivity contribution in [2.24, 2.45) is 0 Å². The Kier molecular flexibility index (Phi) is 5.44. The van der Waals surface area contributed by atoms with Gasteiger partial charge in [-0.25, -0.2) is 0 Å². The number of carbonyl (C=O) groups is 1. The first-order valence-electron chi connectivity index (χ1n) is 6.11. The van der Waals surface area contributed by atoms with Gasteiger partial charge in [-0.1, -0.05) is 11.6 Å². The second-order valence-corrected chi connectivity index (χ2v) is 6.11. The summed E-state index contributed by atoms with van der Waals surface area (Å²) in [5.74, 6) is -0.0268. The van der Waals surface area contributed by atoms with Crippen LogP contribution in [0.25, 0.3) is 0 Å². The molecule has 0 spiro atoms. The van der Waals surface area contributed by atoms with E-state index in [0.717, 1.165) is 16.7 Å². The van der Waals surface area contributed by atoms with E-state index < -0.39 is 0 Å². The number of carbonyl (C=O) groups excluding carboxylic acids is 1. The molecule has 0 bridgehead atoms. The van der Waals surface area contributed by atoms with Crippen molar-refractivity contribution in [3.8, 4) is 0 Å². The fourth-order valence-corrected chi connectivity index (χ4v) is 2.73. The lowest BCUT2D eigenvalue weighted by Gasteiger charge is -2.28. The lowest BCUT2D eigenvalue weighted by Crippen LogP contribution is -2.45. The topological polar surface area (TPSA) is 41.6 Å². The highest BCUT2D eigenvalue weighted by Gasteiger charge is 2.21. The molecule has 1 amide bonds. The van der Waals surface area contributed by atoms with Crippen LogP contribution >= 0.6 is 34.2 Å². The third-order valence-corrected chi connectivity index (χ3v) is 4.16. The average molecular weight is 395 g/mol. The molecular formula is C13H16ClIN2O2. The lowest BCUT2D eigenvalue weighted by molar-refractivity contribution is 0.0103. The maximum Gasteiger partial charge on any atom is 0.254 e. The second-order valence-electron chi connectivity index (χ2n) is 4.51. The first-order valence-corrected chi connectivity index (χ1v) is 7.56. The van der Waals surface area contributed by atoms with Gasteiger partial charge in [0.25, 0.3) is 5.91 Å². The number of nitrogens with zero attached hydrogens (tertiary/aromatic N) is 1. The molecule has 4 nitrogen and oxygen atoms in total. The Hall–Kier alpha value is -0.370. The van der Waals surface area contributed by atoms with Gasteiger partial charge in [-0.05, 0) is 40.8 Å². The molecule has 104 valence electrons. The molecule has 1 aromatic rings. The van der Waals surface area contributed by atoms with Gasteiger partial charge in [0, 0.05) is 35.3 Å². The highest BCUT2D eigenvalue weighted by atomic mass is 127. The van der Waals surface area contributed by atoms with Crippen LogP contribution in [0.4, 0.5) is 0 Å². The number of likely N-dealkylation sites (N-methyl/N-ethyl adjacent to an activating group) is 1. The third kappa shape index (κ3) is 4.05. The Bertz CT molecular complexity index is 464. The molecule has 1 atom stereocenters. The predicted molar refractivity (Wildman–Crippen MR) is 83.7 cm³/mol. The lowest BCUT2D eigenvalue weighted by atomic mass is 10.2. The molecule has 1 saturated heterocycles. The summed E-state index contributed by atoms with van der Waals surface area (Å²) in [7, 11) is 1.79. The van der Waals surface area contributed by atoms with Crippen molar-refractivity contribution in [1.29, 1.82) is 0 Å². The molecule has 0 aromatic heterocycles. The molecule has 19 heavy (non-hydrogen) atoms. The van der Waals surface area contributed by atoms with Crippen molar-refractivity contribution < 1.29 is 9.53 Å². The minimum atomic E-state index is -0.0268. The van der Waals surface area contributed by atoms with Crippen molar-refractivity contribution >= 4 is 40.1 Å². The maximum atomic E-state index is 12.4. The minimum Gasteiger partial charge on any atom is -0.374 e. The van der Waals surface area contributed by atoms with Gasteiger partial charge in [0.2, 0.25) is 0 Å². The van der Waals surface area contributed by atoms with Gasteiger partial charge in [-0.15, -0.1) is 0 Å². The quantitative estimate of drug-likeness (QED) is 0.798. The monoisotopic (exact) mass is 394 g/mol. The second kappa shape index (κ2) is 6.88. The van der Waals surface area contributed by atoms with E-state index in [2.05, 4.69) is 27.9 Å². The van der Waals surface area contributed by atoms with E-state index in [1.807, 2.05) is 6.07 Å². The number of ether oxygens (including phenoxy) is 1. The van der Waals surface area contributed by atoms with E-state index in [9.17, 15) is 4.79 Å². The normalized spacial score (nSPS) is 19.2. The van der Waals surface area contributed by atoms with Gasteiger partial charge < -0.3 is 15.0 Å². The van der Waals surface area contributed by atoms with E-state index in [4.69, 9.17) is 16.3 Å². The van der Waals surface area contributed by atoms with Crippen LogP contribution in [0, 0.1) is 3.57 Å². The molecule has 0 saturated carbocycles. The number of rotatable bonds is 3. The molecule has 1 aliphatic heterocycles. The number of amides is 1. The Morgan fingerprint density at radius 1 is 1.63 bits per heavy atom. The highest BCUT2D eigenvalue weighted by Crippen LogP contribution is 2.19. The molecule has 1 heterocycles. The molecule has 1 N–H and O–H groups in total. The number of benzene rings is 1. The van der Waals surface area contributed by atoms with Crippen molar-refractivity contribution in [2.45, 2.75) is 6.10 Å². The van der Waals surface area contributed by atoms with Crippen molar-refractivity contribution in [3.05, 3.63) is 32.4 Å². The van der Waals surface area contributed by atoms with Crippen molar-refractivity contribution in [1.82, 2.24) is 10.2 Å².